The standard InChI is InChI=1S/C14H24N2O3S/c1-5-6-7-8-15(10(2)3)14-12(16(18)19)9-13(20-14)11(4)17/h9-11,17H,5-8H2,1-4H3/t11-/m1/s1. The van der Waals surface area contributed by atoms with Crippen LogP contribution < -0.4 is 4.90 Å². The fourth-order valence-electron chi connectivity index (χ4n) is 2.06. The molecule has 0 saturated heterocycles. The monoisotopic (exact) mass is 300 g/mol. The van der Waals surface area contributed by atoms with Crippen molar-refractivity contribution in [2.45, 2.75) is 59.1 Å². The van der Waals surface area contributed by atoms with E-state index in [1.807, 2.05) is 13.8 Å². The van der Waals surface area contributed by atoms with Crippen LogP contribution in [-0.4, -0.2) is 22.6 Å². The SMILES string of the molecule is CCCCCN(c1sc([C@@H](C)O)cc1[N+](=O)[O-])C(C)C. The summed E-state index contributed by atoms with van der Waals surface area (Å²) < 4.78 is 0. The van der Waals surface area contributed by atoms with Gasteiger partial charge in [-0.25, -0.2) is 0 Å². The van der Waals surface area contributed by atoms with Crippen molar-refractivity contribution in [2.24, 2.45) is 0 Å². The maximum Gasteiger partial charge on any atom is 0.304 e. The molecule has 6 heteroatoms. The van der Waals surface area contributed by atoms with Gasteiger partial charge in [0.25, 0.3) is 0 Å². The molecule has 1 aromatic heterocycles. The Morgan fingerprint density at radius 1 is 1.40 bits per heavy atom. The number of anilines is 1. The highest BCUT2D eigenvalue weighted by Crippen LogP contribution is 2.41. The molecule has 5 nitrogen and oxygen atoms in total. The van der Waals surface area contributed by atoms with E-state index >= 15 is 0 Å². The molecule has 0 fully saturated rings. The Hall–Kier alpha value is -1.14. The zero-order valence-electron chi connectivity index (χ0n) is 12.6. The summed E-state index contributed by atoms with van der Waals surface area (Å²) in [7, 11) is 0. The van der Waals surface area contributed by atoms with Crippen molar-refractivity contribution in [1.29, 1.82) is 0 Å². The number of aliphatic hydroxyl groups excluding tert-OH is 1. The Morgan fingerprint density at radius 2 is 2.05 bits per heavy atom. The molecule has 1 N–H and O–H groups in total. The highest BCUT2D eigenvalue weighted by Gasteiger charge is 2.26. The van der Waals surface area contributed by atoms with Gasteiger partial charge in [-0.05, 0) is 27.2 Å². The molecule has 0 aliphatic rings. The number of rotatable bonds is 8. The van der Waals surface area contributed by atoms with Crippen LogP contribution in [0, 0.1) is 10.1 Å². The van der Waals surface area contributed by atoms with E-state index in [0.717, 1.165) is 25.8 Å². The van der Waals surface area contributed by atoms with Crippen LogP contribution in [0.1, 0.15) is 57.9 Å². The minimum absolute atomic E-state index is 0.107. The van der Waals surface area contributed by atoms with Crippen LogP contribution in [0.25, 0.3) is 0 Å². The molecule has 0 saturated carbocycles. The zero-order chi connectivity index (χ0) is 15.3. The normalized spacial score (nSPS) is 12.7. The smallest absolute Gasteiger partial charge is 0.304 e. The van der Waals surface area contributed by atoms with Gasteiger partial charge in [0, 0.05) is 23.5 Å². The zero-order valence-corrected chi connectivity index (χ0v) is 13.4. The second-order valence-electron chi connectivity index (χ2n) is 5.27. The number of unbranched alkanes of at least 4 members (excludes halogenated alkanes) is 2. The Labute approximate surface area is 124 Å². The van der Waals surface area contributed by atoms with Crippen LogP contribution in [0.3, 0.4) is 0 Å². The number of thiophene rings is 1. The quantitative estimate of drug-likeness (QED) is 0.445. The van der Waals surface area contributed by atoms with E-state index < -0.39 is 6.10 Å². The van der Waals surface area contributed by atoms with E-state index in [-0.39, 0.29) is 16.7 Å². The predicted molar refractivity (Wildman–Crippen MR) is 83.6 cm³/mol. The van der Waals surface area contributed by atoms with Gasteiger partial charge in [-0.3, -0.25) is 10.1 Å². The molecule has 1 heterocycles. The van der Waals surface area contributed by atoms with Crippen molar-refractivity contribution in [3.63, 3.8) is 0 Å². The third-order valence-corrected chi connectivity index (χ3v) is 4.54. The van der Waals surface area contributed by atoms with Gasteiger partial charge in [0.05, 0.1) is 11.0 Å². The lowest BCUT2D eigenvalue weighted by Crippen LogP contribution is -2.31. The highest BCUT2D eigenvalue weighted by atomic mass is 32.1. The average molecular weight is 300 g/mol. The first-order valence-corrected chi connectivity index (χ1v) is 7.92. The van der Waals surface area contributed by atoms with Crippen molar-refractivity contribution < 1.29 is 10.0 Å². The molecule has 0 bridgehead atoms. The van der Waals surface area contributed by atoms with Gasteiger partial charge in [-0.1, -0.05) is 19.8 Å². The molecular weight excluding hydrogens is 276 g/mol. The summed E-state index contributed by atoms with van der Waals surface area (Å²) in [6, 6.07) is 1.70. The Kier molecular flexibility index (Phi) is 6.42. The molecule has 0 aliphatic heterocycles. The van der Waals surface area contributed by atoms with Crippen LogP contribution >= 0.6 is 11.3 Å². The number of nitro groups is 1. The maximum absolute atomic E-state index is 11.2. The van der Waals surface area contributed by atoms with Crippen LogP contribution in [0.5, 0.6) is 0 Å². The lowest BCUT2D eigenvalue weighted by Gasteiger charge is -2.26. The Morgan fingerprint density at radius 3 is 2.50 bits per heavy atom. The lowest BCUT2D eigenvalue weighted by atomic mass is 10.2. The first kappa shape index (κ1) is 16.9. The molecule has 0 aliphatic carbocycles. The van der Waals surface area contributed by atoms with Gasteiger partial charge >= 0.3 is 5.69 Å². The minimum atomic E-state index is -0.669. The van der Waals surface area contributed by atoms with Gasteiger partial charge in [-0.2, -0.15) is 0 Å². The topological polar surface area (TPSA) is 66.6 Å². The van der Waals surface area contributed by atoms with E-state index in [1.165, 1.54) is 17.4 Å². The van der Waals surface area contributed by atoms with Gasteiger partial charge in [0.15, 0.2) is 5.00 Å². The molecular formula is C14H24N2O3S. The largest absolute Gasteiger partial charge is 0.388 e. The van der Waals surface area contributed by atoms with Crippen LogP contribution in [0.2, 0.25) is 0 Å². The molecule has 20 heavy (non-hydrogen) atoms. The predicted octanol–water partition coefficient (Wildman–Crippen LogP) is 4.11. The van der Waals surface area contributed by atoms with Crippen molar-refractivity contribution in [1.82, 2.24) is 0 Å². The van der Waals surface area contributed by atoms with E-state index in [2.05, 4.69) is 11.8 Å². The second kappa shape index (κ2) is 7.59. The van der Waals surface area contributed by atoms with Crippen LogP contribution in [-0.2, 0) is 0 Å². The molecule has 0 amide bonds. The summed E-state index contributed by atoms with van der Waals surface area (Å²) in [4.78, 5) is 13.6. The van der Waals surface area contributed by atoms with Crippen molar-refractivity contribution >= 4 is 22.0 Å². The molecule has 0 radical (unpaired) electrons. The summed E-state index contributed by atoms with van der Waals surface area (Å²) in [5.41, 5.74) is 0.107. The van der Waals surface area contributed by atoms with Crippen LogP contribution in [0.15, 0.2) is 6.07 Å². The third kappa shape index (κ3) is 4.18. The summed E-state index contributed by atoms with van der Waals surface area (Å²) in [5.74, 6) is 0. The number of hydrogen-bond acceptors (Lipinski definition) is 5. The molecule has 0 aromatic carbocycles. The third-order valence-electron chi connectivity index (χ3n) is 3.21. The summed E-state index contributed by atoms with van der Waals surface area (Å²) in [6.45, 7) is 8.66. The van der Waals surface area contributed by atoms with Crippen LogP contribution in [0.4, 0.5) is 10.7 Å². The van der Waals surface area contributed by atoms with E-state index in [1.54, 1.807) is 6.92 Å². The molecule has 0 unspecified atom stereocenters. The lowest BCUT2D eigenvalue weighted by molar-refractivity contribution is -0.383. The Balaban J connectivity index is 3.07. The highest BCUT2D eigenvalue weighted by molar-refractivity contribution is 7.16. The summed E-state index contributed by atoms with van der Waals surface area (Å²) in [5, 5.41) is 21.5. The van der Waals surface area contributed by atoms with Crippen molar-refractivity contribution in [2.75, 3.05) is 11.4 Å². The fourth-order valence-corrected chi connectivity index (χ4v) is 3.28. The maximum atomic E-state index is 11.2. The van der Waals surface area contributed by atoms with E-state index in [0.29, 0.717) is 9.88 Å². The molecule has 1 aromatic rings. The second-order valence-corrected chi connectivity index (χ2v) is 6.33. The van der Waals surface area contributed by atoms with E-state index in [4.69, 9.17) is 0 Å². The van der Waals surface area contributed by atoms with Crippen molar-refractivity contribution in [3.05, 3.63) is 21.1 Å². The number of aliphatic hydroxyl groups is 1. The van der Waals surface area contributed by atoms with E-state index in [9.17, 15) is 15.2 Å². The first-order chi connectivity index (χ1) is 9.38. The fraction of sp³-hybridized carbons (Fsp3) is 0.714. The Bertz CT molecular complexity index is 444. The van der Waals surface area contributed by atoms with Gasteiger partial charge < -0.3 is 10.0 Å². The molecule has 1 atom stereocenters. The van der Waals surface area contributed by atoms with Gasteiger partial charge in [-0.15, -0.1) is 11.3 Å². The molecule has 0 spiro atoms. The molecule has 114 valence electrons. The minimum Gasteiger partial charge on any atom is -0.388 e. The van der Waals surface area contributed by atoms with Crippen molar-refractivity contribution in [3.8, 4) is 0 Å². The average Bonchev–Trinajstić information content (AvgIpc) is 2.79. The number of nitrogens with zero attached hydrogens (tertiary/aromatic N) is 2. The summed E-state index contributed by atoms with van der Waals surface area (Å²) >= 11 is 1.32. The molecule has 1 rings (SSSR count). The number of hydrogen-bond donors (Lipinski definition) is 1. The first-order valence-electron chi connectivity index (χ1n) is 7.11. The van der Waals surface area contributed by atoms with Gasteiger partial charge in [0.1, 0.15) is 0 Å². The van der Waals surface area contributed by atoms with Gasteiger partial charge in [0.2, 0.25) is 0 Å². The summed E-state index contributed by atoms with van der Waals surface area (Å²) in [6.07, 6.45) is 2.59.